The zero-order chi connectivity index (χ0) is 25.9. The van der Waals surface area contributed by atoms with Crippen LogP contribution in [0.25, 0.3) is 22.4 Å². The smallest absolute Gasteiger partial charge is 0.240 e. The van der Waals surface area contributed by atoms with Crippen molar-refractivity contribution in [2.24, 2.45) is 0 Å². The highest BCUT2D eigenvalue weighted by atomic mass is 19.1. The summed E-state index contributed by atoms with van der Waals surface area (Å²) < 4.78 is 32.8. The number of carbonyl (C=O) groups excluding carboxylic acids is 1. The average molecular weight is 511 g/mol. The Morgan fingerprint density at radius 1 is 1.19 bits per heavy atom. The minimum absolute atomic E-state index is 0.0179. The number of aromatic nitrogens is 2. The maximum Gasteiger partial charge on any atom is 0.240 e. The van der Waals surface area contributed by atoms with Crippen LogP contribution < -0.4 is 14.8 Å². The monoisotopic (exact) mass is 510 g/mol. The van der Waals surface area contributed by atoms with Crippen molar-refractivity contribution in [2.75, 3.05) is 33.5 Å². The van der Waals surface area contributed by atoms with Crippen molar-refractivity contribution in [1.82, 2.24) is 19.8 Å². The zero-order valence-corrected chi connectivity index (χ0v) is 21.7. The van der Waals surface area contributed by atoms with Crippen molar-refractivity contribution >= 4 is 16.9 Å². The number of rotatable bonds is 10. The molecule has 2 aromatic carbocycles. The van der Waals surface area contributed by atoms with Gasteiger partial charge in [0.15, 0.2) is 11.6 Å². The molecule has 1 N–H and O–H groups in total. The van der Waals surface area contributed by atoms with Crippen molar-refractivity contribution in [3.8, 4) is 22.9 Å². The summed E-state index contributed by atoms with van der Waals surface area (Å²) in [6.07, 6.45) is 3.39. The number of amides is 1. The molecule has 0 spiro atoms. The summed E-state index contributed by atoms with van der Waals surface area (Å²) in [6.45, 7) is 7.24. The van der Waals surface area contributed by atoms with Gasteiger partial charge >= 0.3 is 0 Å². The van der Waals surface area contributed by atoms with Gasteiger partial charge in [-0.2, -0.15) is 0 Å². The van der Waals surface area contributed by atoms with Gasteiger partial charge in [-0.25, -0.2) is 9.37 Å². The van der Waals surface area contributed by atoms with Crippen molar-refractivity contribution in [3.63, 3.8) is 0 Å². The summed E-state index contributed by atoms with van der Waals surface area (Å²) in [5.74, 6) is 0.846. The Bertz CT molecular complexity index is 1240. The van der Waals surface area contributed by atoms with Crippen LogP contribution in [-0.2, 0) is 16.1 Å². The molecule has 2 saturated heterocycles. The molecule has 2 atom stereocenters. The Labute approximate surface area is 216 Å². The van der Waals surface area contributed by atoms with E-state index in [4.69, 9.17) is 19.2 Å². The SMILES string of the molecule is COc1cc(-c2nc3cc(OCCCN4[C@@H]5CC[C@H]4COC5)ccc3n2CC(=O)NC(C)C)ccc1F. The van der Waals surface area contributed by atoms with E-state index in [1.807, 2.05) is 36.6 Å². The van der Waals surface area contributed by atoms with E-state index in [-0.39, 0.29) is 24.2 Å². The summed E-state index contributed by atoms with van der Waals surface area (Å²) in [4.78, 5) is 20.1. The predicted molar refractivity (Wildman–Crippen MR) is 139 cm³/mol. The van der Waals surface area contributed by atoms with Crippen LogP contribution in [0.2, 0.25) is 0 Å². The molecule has 9 heteroatoms. The van der Waals surface area contributed by atoms with Gasteiger partial charge in [0.1, 0.15) is 18.1 Å². The molecule has 2 fully saturated rings. The number of morpholine rings is 1. The van der Waals surface area contributed by atoms with Crippen LogP contribution in [0.5, 0.6) is 11.5 Å². The molecule has 2 bridgehead atoms. The number of hydrogen-bond donors (Lipinski definition) is 1. The molecule has 5 rings (SSSR count). The largest absolute Gasteiger partial charge is 0.494 e. The van der Waals surface area contributed by atoms with E-state index in [0.29, 0.717) is 35.6 Å². The third-order valence-electron chi connectivity index (χ3n) is 7.10. The third kappa shape index (κ3) is 5.57. The van der Waals surface area contributed by atoms with Gasteiger partial charge in [0.25, 0.3) is 0 Å². The van der Waals surface area contributed by atoms with Gasteiger partial charge in [0.05, 0.1) is 38.0 Å². The molecule has 3 heterocycles. The molecule has 0 saturated carbocycles. The number of imidazole rings is 1. The van der Waals surface area contributed by atoms with Crippen molar-refractivity contribution in [2.45, 2.75) is 57.8 Å². The molecule has 0 radical (unpaired) electrons. The molecule has 37 heavy (non-hydrogen) atoms. The van der Waals surface area contributed by atoms with Crippen LogP contribution in [0.4, 0.5) is 4.39 Å². The predicted octanol–water partition coefficient (Wildman–Crippen LogP) is 4.01. The molecule has 1 amide bonds. The van der Waals surface area contributed by atoms with Gasteiger partial charge in [-0.1, -0.05) is 0 Å². The fraction of sp³-hybridized carbons (Fsp3) is 0.500. The highest BCUT2D eigenvalue weighted by molar-refractivity contribution is 5.85. The van der Waals surface area contributed by atoms with Crippen LogP contribution in [0, 0.1) is 5.82 Å². The minimum atomic E-state index is -0.452. The summed E-state index contributed by atoms with van der Waals surface area (Å²) in [6, 6.07) is 11.4. The Morgan fingerprint density at radius 3 is 2.70 bits per heavy atom. The van der Waals surface area contributed by atoms with Crippen molar-refractivity contribution in [3.05, 3.63) is 42.2 Å². The second kappa shape index (κ2) is 11.1. The normalized spacial score (nSPS) is 19.5. The van der Waals surface area contributed by atoms with Crippen molar-refractivity contribution in [1.29, 1.82) is 0 Å². The van der Waals surface area contributed by atoms with Crippen LogP contribution in [0.3, 0.4) is 0 Å². The second-order valence-corrected chi connectivity index (χ2v) is 10.1. The Morgan fingerprint density at radius 2 is 1.97 bits per heavy atom. The maximum atomic E-state index is 14.1. The average Bonchev–Trinajstić information content (AvgIpc) is 3.32. The quantitative estimate of drug-likeness (QED) is 0.416. The first kappa shape index (κ1) is 25.5. The van der Waals surface area contributed by atoms with E-state index in [9.17, 15) is 9.18 Å². The Balaban J connectivity index is 1.34. The number of nitrogens with one attached hydrogen (secondary N) is 1. The molecule has 3 aromatic rings. The topological polar surface area (TPSA) is 77.9 Å². The van der Waals surface area contributed by atoms with Gasteiger partial charge in [-0.15, -0.1) is 0 Å². The molecule has 198 valence electrons. The molecule has 0 unspecified atom stereocenters. The fourth-order valence-corrected chi connectivity index (χ4v) is 5.41. The zero-order valence-electron chi connectivity index (χ0n) is 21.7. The molecular formula is C28H35FN4O4. The van der Waals surface area contributed by atoms with Gasteiger partial charge in [-0.05, 0) is 63.4 Å². The van der Waals surface area contributed by atoms with Gasteiger partial charge in [0, 0.05) is 36.3 Å². The summed E-state index contributed by atoms with van der Waals surface area (Å²) >= 11 is 0. The fourth-order valence-electron chi connectivity index (χ4n) is 5.41. The molecular weight excluding hydrogens is 475 g/mol. The lowest BCUT2D eigenvalue weighted by Crippen LogP contribution is -2.46. The van der Waals surface area contributed by atoms with Crippen LogP contribution in [-0.4, -0.2) is 72.0 Å². The summed E-state index contributed by atoms with van der Waals surface area (Å²) in [5, 5.41) is 2.93. The molecule has 2 aliphatic rings. The maximum absolute atomic E-state index is 14.1. The van der Waals surface area contributed by atoms with Crippen LogP contribution in [0.1, 0.15) is 33.1 Å². The first-order valence-electron chi connectivity index (χ1n) is 13.0. The number of ether oxygens (including phenoxy) is 3. The van der Waals surface area contributed by atoms with Gasteiger partial charge < -0.3 is 24.1 Å². The highest BCUT2D eigenvalue weighted by Gasteiger charge is 2.36. The number of carbonyl (C=O) groups is 1. The number of fused-ring (bicyclic) bond motifs is 3. The standard InChI is InChI=1S/C28H35FN4O4/c1-18(2)30-27(34)15-33-25-10-8-22(37-12-4-11-32-20-6-7-21(32)17-36-16-20)14-24(25)31-28(33)19-5-9-23(29)26(13-19)35-3/h5,8-10,13-14,18,20-21H,4,6-7,11-12,15-17H2,1-3H3,(H,30,34)/t20-,21+. The Kier molecular flexibility index (Phi) is 7.62. The van der Waals surface area contributed by atoms with E-state index in [1.54, 1.807) is 12.1 Å². The summed E-state index contributed by atoms with van der Waals surface area (Å²) in [7, 11) is 1.43. The lowest BCUT2D eigenvalue weighted by atomic mass is 10.2. The van der Waals surface area contributed by atoms with E-state index in [0.717, 1.165) is 37.4 Å². The van der Waals surface area contributed by atoms with E-state index < -0.39 is 5.82 Å². The molecule has 0 aliphatic carbocycles. The Hall–Kier alpha value is -3.17. The lowest BCUT2D eigenvalue weighted by Gasteiger charge is -2.34. The van der Waals surface area contributed by atoms with E-state index in [1.165, 1.54) is 26.0 Å². The number of benzene rings is 2. The minimum Gasteiger partial charge on any atom is -0.494 e. The van der Waals surface area contributed by atoms with Crippen LogP contribution >= 0.6 is 0 Å². The highest BCUT2D eigenvalue weighted by Crippen LogP contribution is 2.31. The lowest BCUT2D eigenvalue weighted by molar-refractivity contribution is -0.122. The third-order valence-corrected chi connectivity index (χ3v) is 7.10. The van der Waals surface area contributed by atoms with Gasteiger partial charge in [-0.3, -0.25) is 9.69 Å². The molecule has 8 nitrogen and oxygen atoms in total. The number of halogens is 1. The van der Waals surface area contributed by atoms with E-state index >= 15 is 0 Å². The van der Waals surface area contributed by atoms with Crippen molar-refractivity contribution < 1.29 is 23.4 Å². The first-order valence-corrected chi connectivity index (χ1v) is 13.0. The summed E-state index contributed by atoms with van der Waals surface area (Å²) in [5.41, 5.74) is 2.17. The first-order chi connectivity index (χ1) is 17.9. The van der Waals surface area contributed by atoms with E-state index in [2.05, 4.69) is 10.2 Å². The molecule has 2 aliphatic heterocycles. The second-order valence-electron chi connectivity index (χ2n) is 10.1. The number of methoxy groups -OCH3 is 1. The van der Waals surface area contributed by atoms with Gasteiger partial charge in [0.2, 0.25) is 5.91 Å². The number of nitrogens with zero attached hydrogens (tertiary/aromatic N) is 3. The van der Waals surface area contributed by atoms with Crippen LogP contribution in [0.15, 0.2) is 36.4 Å². The number of hydrogen-bond acceptors (Lipinski definition) is 6. The molecule has 1 aromatic heterocycles.